The maximum atomic E-state index is 12.7. The third-order valence-corrected chi connectivity index (χ3v) is 2.93. The fraction of sp³-hybridized carbons (Fsp3) is 0.154. The highest BCUT2D eigenvalue weighted by Crippen LogP contribution is 2.35. The van der Waals surface area contributed by atoms with Crippen LogP contribution in [0.25, 0.3) is 0 Å². The van der Waals surface area contributed by atoms with E-state index in [1.54, 1.807) is 12.3 Å². The van der Waals surface area contributed by atoms with Crippen LogP contribution in [0.5, 0.6) is 0 Å². The van der Waals surface area contributed by atoms with E-state index in [9.17, 15) is 13.2 Å². The molecule has 0 amide bonds. The number of aryl methyl sites for hydroxylation is 1. The average Bonchev–Trinajstić information content (AvgIpc) is 2.33. The van der Waals surface area contributed by atoms with Gasteiger partial charge in [-0.25, -0.2) is 4.98 Å². The van der Waals surface area contributed by atoms with Gasteiger partial charge in [0.2, 0.25) is 0 Å². The highest BCUT2D eigenvalue weighted by atomic mass is 35.5. The van der Waals surface area contributed by atoms with Crippen LogP contribution in [-0.2, 0) is 6.18 Å². The molecule has 106 valence electrons. The van der Waals surface area contributed by atoms with Gasteiger partial charge in [-0.15, -0.1) is 0 Å². The minimum Gasteiger partial charge on any atom is -0.396 e. The number of aromatic nitrogens is 1. The second kappa shape index (κ2) is 5.20. The predicted octanol–water partition coefficient (Wildman–Crippen LogP) is 4.39. The van der Waals surface area contributed by atoms with Gasteiger partial charge in [-0.05, 0) is 36.8 Å². The van der Waals surface area contributed by atoms with Crippen LogP contribution in [0.1, 0.15) is 11.1 Å². The summed E-state index contributed by atoms with van der Waals surface area (Å²) in [6, 6.07) is 4.68. The molecule has 0 fully saturated rings. The Labute approximate surface area is 118 Å². The number of hydrogen-bond donors (Lipinski definition) is 2. The number of pyridine rings is 1. The van der Waals surface area contributed by atoms with Crippen LogP contribution in [0.15, 0.2) is 30.5 Å². The van der Waals surface area contributed by atoms with Gasteiger partial charge in [0.25, 0.3) is 0 Å². The number of rotatable bonds is 2. The van der Waals surface area contributed by atoms with E-state index in [0.29, 0.717) is 5.69 Å². The van der Waals surface area contributed by atoms with E-state index in [2.05, 4.69) is 10.3 Å². The van der Waals surface area contributed by atoms with Crippen molar-refractivity contribution >= 4 is 28.8 Å². The summed E-state index contributed by atoms with van der Waals surface area (Å²) in [6.07, 6.45) is -2.88. The number of halogens is 4. The lowest BCUT2D eigenvalue weighted by atomic mass is 10.2. The summed E-state index contributed by atoms with van der Waals surface area (Å²) >= 11 is 5.88. The molecule has 3 N–H and O–H groups in total. The monoisotopic (exact) mass is 301 g/mol. The quantitative estimate of drug-likeness (QED) is 0.865. The van der Waals surface area contributed by atoms with Crippen molar-refractivity contribution < 1.29 is 13.2 Å². The van der Waals surface area contributed by atoms with Crippen molar-refractivity contribution in [2.75, 3.05) is 11.1 Å². The van der Waals surface area contributed by atoms with Gasteiger partial charge < -0.3 is 11.1 Å². The van der Waals surface area contributed by atoms with Gasteiger partial charge in [0, 0.05) is 6.20 Å². The fourth-order valence-corrected chi connectivity index (χ4v) is 1.79. The molecular formula is C13H11ClF3N3. The minimum absolute atomic E-state index is 0.101. The molecule has 0 atom stereocenters. The van der Waals surface area contributed by atoms with Crippen LogP contribution in [-0.4, -0.2) is 4.98 Å². The summed E-state index contributed by atoms with van der Waals surface area (Å²) in [5.41, 5.74) is 6.24. The van der Waals surface area contributed by atoms with Crippen LogP contribution in [0.2, 0.25) is 5.02 Å². The third-order valence-electron chi connectivity index (χ3n) is 2.60. The molecule has 0 saturated heterocycles. The SMILES string of the molecule is Cc1cnc(Nc2cc(C(F)(F)F)ccc2Cl)c(N)c1. The zero-order valence-corrected chi connectivity index (χ0v) is 11.2. The van der Waals surface area contributed by atoms with Crippen molar-refractivity contribution in [3.05, 3.63) is 46.6 Å². The first-order chi connectivity index (χ1) is 9.27. The number of nitrogens with one attached hydrogen (secondary N) is 1. The van der Waals surface area contributed by atoms with Gasteiger partial charge in [0.1, 0.15) is 0 Å². The first-order valence-electron chi connectivity index (χ1n) is 5.63. The maximum absolute atomic E-state index is 12.7. The highest BCUT2D eigenvalue weighted by molar-refractivity contribution is 6.33. The van der Waals surface area contributed by atoms with E-state index in [4.69, 9.17) is 17.3 Å². The lowest BCUT2D eigenvalue weighted by molar-refractivity contribution is -0.137. The van der Waals surface area contributed by atoms with Crippen molar-refractivity contribution in [3.8, 4) is 0 Å². The average molecular weight is 302 g/mol. The lowest BCUT2D eigenvalue weighted by Gasteiger charge is -2.13. The van der Waals surface area contributed by atoms with Gasteiger partial charge in [-0.2, -0.15) is 13.2 Å². The molecule has 3 nitrogen and oxygen atoms in total. The third kappa shape index (κ3) is 3.14. The van der Waals surface area contributed by atoms with Gasteiger partial charge in [-0.1, -0.05) is 11.6 Å². The molecule has 7 heteroatoms. The summed E-state index contributed by atoms with van der Waals surface area (Å²) in [5, 5.41) is 2.86. The van der Waals surface area contributed by atoms with E-state index < -0.39 is 11.7 Å². The Kier molecular flexibility index (Phi) is 3.76. The molecule has 0 bridgehead atoms. The van der Waals surface area contributed by atoms with E-state index in [1.807, 2.05) is 6.92 Å². The Morgan fingerprint density at radius 3 is 2.55 bits per heavy atom. The molecule has 2 aromatic rings. The van der Waals surface area contributed by atoms with Crippen LogP contribution >= 0.6 is 11.6 Å². The Morgan fingerprint density at radius 1 is 1.25 bits per heavy atom. The van der Waals surface area contributed by atoms with Crippen molar-refractivity contribution in [1.82, 2.24) is 4.98 Å². The molecule has 0 unspecified atom stereocenters. The van der Waals surface area contributed by atoms with Crippen molar-refractivity contribution in [1.29, 1.82) is 0 Å². The van der Waals surface area contributed by atoms with E-state index in [0.717, 1.165) is 17.7 Å². The first-order valence-corrected chi connectivity index (χ1v) is 6.01. The van der Waals surface area contributed by atoms with Crippen LogP contribution in [0.4, 0.5) is 30.4 Å². The van der Waals surface area contributed by atoms with E-state index in [-0.39, 0.29) is 16.5 Å². The van der Waals surface area contributed by atoms with Crippen molar-refractivity contribution in [3.63, 3.8) is 0 Å². The molecule has 0 spiro atoms. The molecule has 1 aromatic heterocycles. The predicted molar refractivity (Wildman–Crippen MR) is 73.1 cm³/mol. The normalized spacial score (nSPS) is 11.4. The molecule has 0 saturated carbocycles. The molecule has 0 aliphatic heterocycles. The Hall–Kier alpha value is -1.95. The van der Waals surface area contributed by atoms with E-state index >= 15 is 0 Å². The second-order valence-corrected chi connectivity index (χ2v) is 4.68. The highest BCUT2D eigenvalue weighted by Gasteiger charge is 2.31. The number of nitrogens with two attached hydrogens (primary N) is 1. The molecule has 1 heterocycles. The lowest BCUT2D eigenvalue weighted by Crippen LogP contribution is -2.06. The van der Waals surface area contributed by atoms with Crippen molar-refractivity contribution in [2.45, 2.75) is 13.1 Å². The summed E-state index contributed by atoms with van der Waals surface area (Å²) in [7, 11) is 0. The second-order valence-electron chi connectivity index (χ2n) is 4.27. The molecule has 2 rings (SSSR count). The van der Waals surface area contributed by atoms with Crippen LogP contribution in [0.3, 0.4) is 0 Å². The largest absolute Gasteiger partial charge is 0.416 e. The van der Waals surface area contributed by atoms with Crippen LogP contribution < -0.4 is 11.1 Å². The van der Waals surface area contributed by atoms with Crippen molar-refractivity contribution in [2.24, 2.45) is 0 Å². The Morgan fingerprint density at radius 2 is 1.95 bits per heavy atom. The summed E-state index contributed by atoms with van der Waals surface area (Å²) in [5.74, 6) is 0.261. The molecule has 20 heavy (non-hydrogen) atoms. The fourth-order valence-electron chi connectivity index (χ4n) is 1.62. The molecule has 1 aromatic carbocycles. The molecule has 0 radical (unpaired) electrons. The van der Waals surface area contributed by atoms with Gasteiger partial charge in [0.15, 0.2) is 5.82 Å². The van der Waals surface area contributed by atoms with Gasteiger partial charge >= 0.3 is 6.18 Å². The minimum atomic E-state index is -4.44. The molecular weight excluding hydrogens is 291 g/mol. The molecule has 0 aliphatic rings. The first kappa shape index (κ1) is 14.5. The number of nitrogen functional groups attached to an aromatic ring is 1. The molecule has 0 aliphatic carbocycles. The Bertz CT molecular complexity index is 641. The standard InChI is InChI=1S/C13H11ClF3N3/c1-7-4-10(18)12(19-6-7)20-11-5-8(13(15,16)17)2-3-9(11)14/h2-6H,18H2,1H3,(H,19,20). The Balaban J connectivity index is 2.38. The van der Waals surface area contributed by atoms with Gasteiger partial charge in [-0.3, -0.25) is 0 Å². The van der Waals surface area contributed by atoms with Gasteiger partial charge in [0.05, 0.1) is 22.0 Å². The number of alkyl halides is 3. The smallest absolute Gasteiger partial charge is 0.396 e. The van der Waals surface area contributed by atoms with E-state index in [1.165, 1.54) is 6.07 Å². The zero-order valence-electron chi connectivity index (χ0n) is 10.4. The number of benzene rings is 1. The number of anilines is 3. The summed E-state index contributed by atoms with van der Waals surface area (Å²) in [6.45, 7) is 1.81. The topological polar surface area (TPSA) is 50.9 Å². The number of hydrogen-bond acceptors (Lipinski definition) is 3. The number of nitrogens with zero attached hydrogens (tertiary/aromatic N) is 1. The summed E-state index contributed by atoms with van der Waals surface area (Å²) in [4.78, 5) is 4.03. The summed E-state index contributed by atoms with van der Waals surface area (Å²) < 4.78 is 38.0. The maximum Gasteiger partial charge on any atom is 0.416 e. The van der Waals surface area contributed by atoms with Crippen LogP contribution in [0, 0.1) is 6.92 Å². The zero-order chi connectivity index (χ0) is 14.9.